The summed E-state index contributed by atoms with van der Waals surface area (Å²) in [5.41, 5.74) is 0.980. The second kappa shape index (κ2) is 10.8. The Morgan fingerprint density at radius 3 is 2.66 bits per heavy atom. The summed E-state index contributed by atoms with van der Waals surface area (Å²) in [5.74, 6) is -1.65. The van der Waals surface area contributed by atoms with E-state index in [1.165, 1.54) is 30.5 Å². The molecule has 0 aliphatic carbocycles. The minimum Gasteiger partial charge on any atom is -0.454 e. The van der Waals surface area contributed by atoms with Crippen molar-refractivity contribution in [1.29, 1.82) is 5.26 Å². The Morgan fingerprint density at radius 1 is 1.07 bits per heavy atom. The summed E-state index contributed by atoms with van der Waals surface area (Å²) in [7, 11) is -4.03. The van der Waals surface area contributed by atoms with Gasteiger partial charge in [0, 0.05) is 48.5 Å². The molecule has 1 fully saturated rings. The average Bonchev–Trinajstić information content (AvgIpc) is 3.64. The van der Waals surface area contributed by atoms with E-state index in [1.54, 1.807) is 41.2 Å². The highest BCUT2D eigenvalue weighted by Gasteiger charge is 2.25. The highest BCUT2D eigenvalue weighted by atomic mass is 32.2. The summed E-state index contributed by atoms with van der Waals surface area (Å²) in [6, 6.07) is 15.9. The molecule has 0 saturated carbocycles. The van der Waals surface area contributed by atoms with E-state index in [4.69, 9.17) is 9.47 Å². The second-order valence-corrected chi connectivity index (χ2v) is 11.5. The number of halogens is 2. The molecule has 0 bridgehead atoms. The van der Waals surface area contributed by atoms with Crippen LogP contribution in [0.4, 0.5) is 8.78 Å². The van der Waals surface area contributed by atoms with Gasteiger partial charge >= 0.3 is 0 Å². The molecule has 3 heterocycles. The highest BCUT2D eigenvalue weighted by molar-refractivity contribution is 7.90. The molecule has 1 saturated heterocycles. The Bertz CT molecular complexity index is 1890. The maximum Gasteiger partial charge on any atom is 0.268 e. The van der Waals surface area contributed by atoms with Gasteiger partial charge in [0.15, 0.2) is 11.6 Å². The molecule has 0 N–H and O–H groups in total. The summed E-state index contributed by atoms with van der Waals surface area (Å²) >= 11 is 0. The largest absolute Gasteiger partial charge is 0.454 e. The molecule has 1 unspecified atom stereocenters. The summed E-state index contributed by atoms with van der Waals surface area (Å²) in [5, 5.41) is 14.1. The van der Waals surface area contributed by atoms with Crippen LogP contribution in [0.5, 0.6) is 11.5 Å². The van der Waals surface area contributed by atoms with Gasteiger partial charge in [0.25, 0.3) is 10.0 Å². The van der Waals surface area contributed by atoms with Crippen LogP contribution >= 0.6 is 0 Å². The molecular formula is C30H24F2N4O4S. The molecule has 1 aliphatic heterocycles. The van der Waals surface area contributed by atoms with Crippen molar-refractivity contribution in [2.24, 2.45) is 0 Å². The fourth-order valence-electron chi connectivity index (χ4n) is 5.01. The third-order valence-electron chi connectivity index (χ3n) is 7.03. The number of fused-ring (bicyclic) bond motifs is 1. The molecule has 3 aromatic carbocycles. The second-order valence-electron chi connectivity index (χ2n) is 9.71. The molecule has 2 aromatic heterocycles. The third kappa shape index (κ3) is 5.08. The minimum absolute atomic E-state index is 0.0592. The Kier molecular flexibility index (Phi) is 7.03. The number of nitriles is 1. The Hall–Kier alpha value is -4.53. The first-order chi connectivity index (χ1) is 19.8. The van der Waals surface area contributed by atoms with Gasteiger partial charge in [0.2, 0.25) is 0 Å². The predicted molar refractivity (Wildman–Crippen MR) is 146 cm³/mol. The van der Waals surface area contributed by atoms with Gasteiger partial charge in [-0.1, -0.05) is 18.2 Å². The van der Waals surface area contributed by atoms with E-state index in [2.05, 4.69) is 5.10 Å². The van der Waals surface area contributed by atoms with Crippen molar-refractivity contribution >= 4 is 20.9 Å². The molecule has 1 atom stereocenters. The molecule has 6 rings (SSSR count). The zero-order chi connectivity index (χ0) is 28.6. The number of nitrogens with zero attached hydrogens (tertiary/aromatic N) is 4. The lowest BCUT2D eigenvalue weighted by atomic mass is 10.0. The summed E-state index contributed by atoms with van der Waals surface area (Å²) in [6.07, 6.45) is 7.65. The summed E-state index contributed by atoms with van der Waals surface area (Å²) in [4.78, 5) is 0.0592. The van der Waals surface area contributed by atoms with Crippen molar-refractivity contribution in [3.63, 3.8) is 0 Å². The fourth-order valence-corrected chi connectivity index (χ4v) is 6.37. The van der Waals surface area contributed by atoms with E-state index in [9.17, 15) is 18.1 Å². The van der Waals surface area contributed by atoms with Crippen molar-refractivity contribution in [2.75, 3.05) is 6.61 Å². The van der Waals surface area contributed by atoms with Crippen molar-refractivity contribution < 1.29 is 26.7 Å². The predicted octanol–water partition coefficient (Wildman–Crippen LogP) is 6.31. The van der Waals surface area contributed by atoms with Gasteiger partial charge in [-0.25, -0.2) is 25.9 Å². The number of benzene rings is 3. The van der Waals surface area contributed by atoms with E-state index in [-0.39, 0.29) is 40.1 Å². The smallest absolute Gasteiger partial charge is 0.268 e. The van der Waals surface area contributed by atoms with E-state index in [0.29, 0.717) is 17.6 Å². The first-order valence-corrected chi connectivity index (χ1v) is 14.4. The Balaban J connectivity index is 1.47. The highest BCUT2D eigenvalue weighted by Crippen LogP contribution is 2.38. The monoisotopic (exact) mass is 574 g/mol. The molecule has 8 nitrogen and oxygen atoms in total. The number of rotatable bonds is 7. The SMILES string of the molecule is N#Cc1cc(Oc2c(F)cc3c(ccn3S(=O)(=O)c3ccccc3)c2Cc2cnn(C3CCCCO3)c2)ccc1F. The summed E-state index contributed by atoms with van der Waals surface area (Å²) < 4.78 is 71.2. The topological polar surface area (TPSA) is 99.1 Å². The van der Waals surface area contributed by atoms with E-state index in [0.717, 1.165) is 40.9 Å². The van der Waals surface area contributed by atoms with Crippen LogP contribution in [0.15, 0.2) is 84.1 Å². The average molecular weight is 575 g/mol. The zero-order valence-electron chi connectivity index (χ0n) is 21.7. The van der Waals surface area contributed by atoms with Crippen molar-refractivity contribution in [3.8, 4) is 17.6 Å². The van der Waals surface area contributed by atoms with Crippen LogP contribution in [0.2, 0.25) is 0 Å². The third-order valence-corrected chi connectivity index (χ3v) is 8.74. The van der Waals surface area contributed by atoms with Gasteiger partial charge in [-0.05, 0) is 55.2 Å². The van der Waals surface area contributed by atoms with Crippen LogP contribution in [0.3, 0.4) is 0 Å². The van der Waals surface area contributed by atoms with E-state index >= 15 is 4.39 Å². The van der Waals surface area contributed by atoms with Crippen LogP contribution in [0.25, 0.3) is 10.9 Å². The summed E-state index contributed by atoms with van der Waals surface area (Å²) in [6.45, 7) is 0.647. The van der Waals surface area contributed by atoms with E-state index < -0.39 is 21.7 Å². The van der Waals surface area contributed by atoms with Gasteiger partial charge in [0.1, 0.15) is 23.9 Å². The maximum absolute atomic E-state index is 15.9. The van der Waals surface area contributed by atoms with Crippen LogP contribution in [0.1, 0.15) is 42.2 Å². The Labute approximate surface area is 235 Å². The number of hydrogen-bond donors (Lipinski definition) is 0. The first kappa shape index (κ1) is 26.7. The van der Waals surface area contributed by atoms with Gasteiger partial charge in [-0.3, -0.25) is 0 Å². The van der Waals surface area contributed by atoms with Crippen molar-refractivity contribution in [3.05, 3.63) is 108 Å². The van der Waals surface area contributed by atoms with Crippen LogP contribution < -0.4 is 4.74 Å². The maximum atomic E-state index is 15.9. The fraction of sp³-hybridized carbons (Fsp3) is 0.200. The number of ether oxygens (including phenoxy) is 2. The van der Waals surface area contributed by atoms with Crippen LogP contribution in [-0.4, -0.2) is 28.8 Å². The number of aromatic nitrogens is 3. The van der Waals surface area contributed by atoms with Gasteiger partial charge in [-0.15, -0.1) is 0 Å². The molecule has 0 radical (unpaired) electrons. The number of hydrogen-bond acceptors (Lipinski definition) is 6. The molecular weight excluding hydrogens is 550 g/mol. The lowest BCUT2D eigenvalue weighted by Gasteiger charge is -2.22. The molecule has 1 aliphatic rings. The minimum atomic E-state index is -4.03. The molecule has 208 valence electrons. The van der Waals surface area contributed by atoms with Crippen LogP contribution in [0, 0.1) is 23.0 Å². The molecule has 5 aromatic rings. The normalized spacial score (nSPS) is 15.6. The quantitative estimate of drug-likeness (QED) is 0.226. The first-order valence-electron chi connectivity index (χ1n) is 13.0. The molecule has 0 spiro atoms. The molecule has 11 heteroatoms. The molecule has 41 heavy (non-hydrogen) atoms. The lowest BCUT2D eigenvalue weighted by Crippen LogP contribution is -2.18. The standard InChI is InChI=1S/C30H24F2N4O4S/c31-26-10-9-22(15-21(26)17-33)40-30-25(14-20-18-34-35(19-20)29-8-4-5-13-39-29)24-11-12-36(28(24)16-27(30)32)41(37,38)23-6-2-1-3-7-23/h1-3,6-7,9-12,15-16,18-19,29H,4-5,8,13-14H2. The van der Waals surface area contributed by atoms with Gasteiger partial charge in [-0.2, -0.15) is 10.4 Å². The van der Waals surface area contributed by atoms with Crippen LogP contribution in [-0.2, 0) is 21.2 Å². The van der Waals surface area contributed by atoms with Gasteiger partial charge in [0.05, 0.1) is 22.2 Å². The van der Waals surface area contributed by atoms with E-state index in [1.807, 2.05) is 6.20 Å². The Morgan fingerprint density at radius 2 is 1.90 bits per heavy atom. The van der Waals surface area contributed by atoms with Gasteiger partial charge < -0.3 is 9.47 Å². The van der Waals surface area contributed by atoms with Crippen molar-refractivity contribution in [1.82, 2.24) is 13.8 Å². The lowest BCUT2D eigenvalue weighted by molar-refractivity contribution is -0.0395. The zero-order valence-corrected chi connectivity index (χ0v) is 22.5. The van der Waals surface area contributed by atoms with Crippen molar-refractivity contribution in [2.45, 2.75) is 36.8 Å². The molecule has 0 amide bonds.